The number of nitrogens with zero attached hydrogens (tertiary/aromatic N) is 2. The van der Waals surface area contributed by atoms with Gasteiger partial charge in [0.05, 0.1) is 0 Å². The van der Waals surface area contributed by atoms with E-state index in [1.165, 1.54) is 0 Å². The monoisotopic (exact) mass is 259 g/mol. The van der Waals surface area contributed by atoms with Crippen molar-refractivity contribution in [2.45, 2.75) is 0 Å². The first-order chi connectivity index (χ1) is 9.15. The minimum atomic E-state index is 0.179. The maximum absolute atomic E-state index is 12.5. The van der Waals surface area contributed by atoms with E-state index in [1.54, 1.807) is 0 Å². The lowest BCUT2D eigenvalue weighted by atomic mass is 10.0. The third kappa shape index (κ3) is 2.32. The van der Waals surface area contributed by atoms with Gasteiger partial charge in [-0.3, -0.25) is 4.79 Å². The Bertz CT molecular complexity index is 474. The first-order valence-corrected chi connectivity index (χ1v) is 6.92. The highest BCUT2D eigenvalue weighted by Crippen LogP contribution is 2.27. The molecule has 0 unspecified atom stereocenters. The minimum absolute atomic E-state index is 0.179. The number of carbonyl (C=O) groups is 1. The summed E-state index contributed by atoms with van der Waals surface area (Å²) in [6, 6.07) is 7.89. The maximum Gasteiger partial charge on any atom is 0.253 e. The molecule has 2 fully saturated rings. The van der Waals surface area contributed by atoms with Crippen molar-refractivity contribution in [2.24, 2.45) is 11.8 Å². The van der Waals surface area contributed by atoms with Gasteiger partial charge in [-0.15, -0.1) is 0 Å². The lowest BCUT2D eigenvalue weighted by Gasteiger charge is -2.19. The number of likely N-dealkylation sites (tertiary alicyclic amines) is 1. The Morgan fingerprint density at radius 2 is 1.95 bits per heavy atom. The molecule has 0 saturated carbocycles. The molecule has 2 aliphatic rings. The van der Waals surface area contributed by atoms with Gasteiger partial charge in [0.2, 0.25) is 0 Å². The van der Waals surface area contributed by atoms with Crippen molar-refractivity contribution in [2.75, 3.05) is 45.2 Å². The van der Waals surface area contributed by atoms with E-state index in [2.05, 4.69) is 5.32 Å². The second-order valence-corrected chi connectivity index (χ2v) is 5.83. The van der Waals surface area contributed by atoms with Crippen molar-refractivity contribution < 1.29 is 4.79 Å². The molecule has 4 heteroatoms. The fourth-order valence-corrected chi connectivity index (χ4v) is 3.12. The lowest BCUT2D eigenvalue weighted by molar-refractivity contribution is 0.0782. The van der Waals surface area contributed by atoms with Crippen LogP contribution >= 0.6 is 0 Å². The second-order valence-electron chi connectivity index (χ2n) is 5.83. The van der Waals surface area contributed by atoms with Crippen LogP contribution in [0.15, 0.2) is 24.3 Å². The molecule has 0 spiro atoms. The summed E-state index contributed by atoms with van der Waals surface area (Å²) in [6.45, 7) is 3.93. The van der Waals surface area contributed by atoms with Gasteiger partial charge in [-0.25, -0.2) is 0 Å². The van der Waals surface area contributed by atoms with E-state index in [9.17, 15) is 4.79 Å². The number of hydrogen-bond donors (Lipinski definition) is 1. The van der Waals surface area contributed by atoms with Crippen LogP contribution in [-0.4, -0.2) is 51.1 Å². The zero-order valence-electron chi connectivity index (χ0n) is 11.6. The van der Waals surface area contributed by atoms with E-state index in [0.717, 1.165) is 37.4 Å². The standard InChI is InChI=1S/C15H21N3O/c1-17(2)14-5-3-4-11(6-14)15(19)18-9-12-7-16-8-13(12)10-18/h3-6,12-13,16H,7-10H2,1-2H3/t12-,13+. The summed E-state index contributed by atoms with van der Waals surface area (Å²) >= 11 is 0. The van der Waals surface area contributed by atoms with Crippen LogP contribution in [0, 0.1) is 11.8 Å². The zero-order valence-corrected chi connectivity index (χ0v) is 11.6. The zero-order chi connectivity index (χ0) is 13.4. The fraction of sp³-hybridized carbons (Fsp3) is 0.533. The van der Waals surface area contributed by atoms with Crippen LogP contribution in [0.2, 0.25) is 0 Å². The molecule has 2 aliphatic heterocycles. The average Bonchev–Trinajstić information content (AvgIpc) is 2.98. The van der Waals surface area contributed by atoms with Crippen LogP contribution in [0.3, 0.4) is 0 Å². The van der Waals surface area contributed by atoms with E-state index in [1.807, 2.05) is 48.2 Å². The van der Waals surface area contributed by atoms with E-state index >= 15 is 0 Å². The largest absolute Gasteiger partial charge is 0.378 e. The summed E-state index contributed by atoms with van der Waals surface area (Å²) in [6.07, 6.45) is 0. The van der Waals surface area contributed by atoms with Gasteiger partial charge in [0.15, 0.2) is 0 Å². The van der Waals surface area contributed by atoms with Gasteiger partial charge >= 0.3 is 0 Å². The number of hydrogen-bond acceptors (Lipinski definition) is 3. The minimum Gasteiger partial charge on any atom is -0.378 e. The molecule has 102 valence electrons. The van der Waals surface area contributed by atoms with E-state index in [-0.39, 0.29) is 5.91 Å². The topological polar surface area (TPSA) is 35.6 Å². The molecular weight excluding hydrogens is 238 g/mol. The highest BCUT2D eigenvalue weighted by molar-refractivity contribution is 5.95. The van der Waals surface area contributed by atoms with Gasteiger partial charge in [-0.05, 0) is 30.0 Å². The number of nitrogens with one attached hydrogen (secondary N) is 1. The molecule has 1 aromatic rings. The second kappa shape index (κ2) is 4.85. The smallest absolute Gasteiger partial charge is 0.253 e. The number of benzene rings is 1. The molecule has 0 aromatic heterocycles. The molecule has 2 heterocycles. The van der Waals surface area contributed by atoms with Crippen LogP contribution in [0.1, 0.15) is 10.4 Å². The van der Waals surface area contributed by atoms with E-state index < -0.39 is 0 Å². The fourth-order valence-electron chi connectivity index (χ4n) is 3.12. The van der Waals surface area contributed by atoms with Crippen molar-refractivity contribution in [3.8, 4) is 0 Å². The highest BCUT2D eigenvalue weighted by atomic mass is 16.2. The number of rotatable bonds is 2. The van der Waals surface area contributed by atoms with Crippen molar-refractivity contribution in [1.82, 2.24) is 10.2 Å². The van der Waals surface area contributed by atoms with Gasteiger partial charge < -0.3 is 15.1 Å². The summed E-state index contributed by atoms with van der Waals surface area (Å²) in [7, 11) is 3.99. The Labute approximate surface area is 114 Å². The van der Waals surface area contributed by atoms with Crippen LogP contribution < -0.4 is 10.2 Å². The molecule has 2 saturated heterocycles. The van der Waals surface area contributed by atoms with Crippen LogP contribution in [0.4, 0.5) is 5.69 Å². The lowest BCUT2D eigenvalue weighted by Crippen LogP contribution is -2.31. The van der Waals surface area contributed by atoms with Crippen molar-refractivity contribution in [3.63, 3.8) is 0 Å². The highest BCUT2D eigenvalue weighted by Gasteiger charge is 2.38. The third-order valence-corrected chi connectivity index (χ3v) is 4.29. The number of fused-ring (bicyclic) bond motifs is 1. The van der Waals surface area contributed by atoms with Gasteiger partial charge in [0.1, 0.15) is 0 Å². The van der Waals surface area contributed by atoms with Crippen molar-refractivity contribution >= 4 is 11.6 Å². The third-order valence-electron chi connectivity index (χ3n) is 4.29. The average molecular weight is 259 g/mol. The molecule has 1 N–H and O–H groups in total. The summed E-state index contributed by atoms with van der Waals surface area (Å²) in [5.74, 6) is 1.49. The summed E-state index contributed by atoms with van der Waals surface area (Å²) in [5.41, 5.74) is 1.88. The predicted octanol–water partition coefficient (Wildman–Crippen LogP) is 1.04. The molecule has 3 rings (SSSR count). The Kier molecular flexibility index (Phi) is 3.19. The summed E-state index contributed by atoms with van der Waals surface area (Å²) in [5, 5.41) is 3.40. The summed E-state index contributed by atoms with van der Waals surface area (Å²) < 4.78 is 0. The maximum atomic E-state index is 12.5. The number of anilines is 1. The molecule has 0 radical (unpaired) electrons. The van der Waals surface area contributed by atoms with Crippen LogP contribution in [-0.2, 0) is 0 Å². The number of carbonyl (C=O) groups excluding carboxylic acids is 1. The van der Waals surface area contributed by atoms with Gasteiger partial charge in [0.25, 0.3) is 5.91 Å². The molecule has 2 atom stereocenters. The van der Waals surface area contributed by atoms with Gasteiger partial charge in [0, 0.05) is 51.5 Å². The summed E-state index contributed by atoms with van der Waals surface area (Å²) in [4.78, 5) is 16.6. The molecular formula is C15H21N3O. The molecule has 1 aromatic carbocycles. The Balaban J connectivity index is 1.75. The van der Waals surface area contributed by atoms with Crippen LogP contribution in [0.5, 0.6) is 0 Å². The Morgan fingerprint density at radius 1 is 1.26 bits per heavy atom. The first kappa shape index (κ1) is 12.5. The van der Waals surface area contributed by atoms with Gasteiger partial charge in [-0.2, -0.15) is 0 Å². The van der Waals surface area contributed by atoms with Crippen molar-refractivity contribution in [1.29, 1.82) is 0 Å². The Morgan fingerprint density at radius 3 is 2.58 bits per heavy atom. The molecule has 19 heavy (non-hydrogen) atoms. The normalized spacial score (nSPS) is 25.5. The quantitative estimate of drug-likeness (QED) is 0.862. The SMILES string of the molecule is CN(C)c1cccc(C(=O)N2C[C@H]3CNC[C@H]3C2)c1. The molecule has 0 aliphatic carbocycles. The van der Waals surface area contributed by atoms with Crippen molar-refractivity contribution in [3.05, 3.63) is 29.8 Å². The molecule has 1 amide bonds. The predicted molar refractivity (Wildman–Crippen MR) is 76.5 cm³/mol. The van der Waals surface area contributed by atoms with Crippen LogP contribution in [0.25, 0.3) is 0 Å². The molecule has 0 bridgehead atoms. The Hall–Kier alpha value is -1.55. The first-order valence-electron chi connectivity index (χ1n) is 6.92. The van der Waals surface area contributed by atoms with E-state index in [0.29, 0.717) is 11.8 Å². The van der Waals surface area contributed by atoms with Gasteiger partial charge in [-0.1, -0.05) is 6.07 Å². The van der Waals surface area contributed by atoms with E-state index in [4.69, 9.17) is 0 Å². The molecule has 4 nitrogen and oxygen atoms in total. The number of amides is 1.